The van der Waals surface area contributed by atoms with E-state index in [1.165, 1.54) is 77.5 Å². The number of benzene rings is 9. The molecule has 2 aromatic heterocycles. The SMILES string of the molecule is c1ccc(-c2ccc(C3c4ccccc4-c4cc(-c5ccc6c(c5)c5cc7c(cc5n6-c5ccc(-c6ccccc6)cc5)oc5ccccc57)ccc43)cc2)cc1. The standard InChI is InChI=1S/C55H35NO/c1-3-11-35(12-4-1)37-19-21-39(22-20-37)55-45-17-8-7-15-43(45)47-31-40(25-29-46(47)55)41-26-30-51-48(32-41)49-33-50-44-16-9-10-18-53(44)57-54(50)34-52(49)56(51)42-27-23-38(24-28-42)36-13-5-2-6-14-36/h1-34,55H. The highest BCUT2D eigenvalue weighted by Crippen LogP contribution is 2.49. The second-order valence-corrected chi connectivity index (χ2v) is 15.3. The Morgan fingerprint density at radius 1 is 0.333 bits per heavy atom. The van der Waals surface area contributed by atoms with Gasteiger partial charge in [0.25, 0.3) is 0 Å². The van der Waals surface area contributed by atoms with E-state index in [0.29, 0.717) is 0 Å². The van der Waals surface area contributed by atoms with E-state index in [-0.39, 0.29) is 5.92 Å². The van der Waals surface area contributed by atoms with Crippen LogP contribution in [0.5, 0.6) is 0 Å². The molecular weight excluding hydrogens is 691 g/mol. The van der Waals surface area contributed by atoms with Crippen LogP contribution in [0.4, 0.5) is 0 Å². The Hall–Kier alpha value is -7.42. The lowest BCUT2D eigenvalue weighted by Gasteiger charge is -2.15. The van der Waals surface area contributed by atoms with Gasteiger partial charge in [0, 0.05) is 39.2 Å². The van der Waals surface area contributed by atoms with Crippen molar-refractivity contribution in [3.05, 3.63) is 223 Å². The molecule has 2 heteroatoms. The van der Waals surface area contributed by atoms with Gasteiger partial charge in [-0.3, -0.25) is 0 Å². The zero-order valence-electron chi connectivity index (χ0n) is 31.1. The van der Waals surface area contributed by atoms with E-state index in [0.717, 1.165) is 33.1 Å². The quantitative estimate of drug-likeness (QED) is 0.173. The molecule has 0 saturated carbocycles. The Morgan fingerprint density at radius 2 is 0.912 bits per heavy atom. The molecule has 1 aliphatic carbocycles. The van der Waals surface area contributed by atoms with E-state index in [2.05, 4.69) is 205 Å². The molecule has 266 valence electrons. The number of aromatic nitrogens is 1. The molecule has 0 N–H and O–H groups in total. The van der Waals surface area contributed by atoms with Crippen LogP contribution in [0.15, 0.2) is 211 Å². The van der Waals surface area contributed by atoms with Crippen molar-refractivity contribution < 1.29 is 4.42 Å². The summed E-state index contributed by atoms with van der Waals surface area (Å²) in [5, 5.41) is 4.71. The third-order valence-corrected chi connectivity index (χ3v) is 12.1. The summed E-state index contributed by atoms with van der Waals surface area (Å²) in [7, 11) is 0. The lowest BCUT2D eigenvalue weighted by atomic mass is 9.88. The molecule has 0 radical (unpaired) electrons. The third-order valence-electron chi connectivity index (χ3n) is 12.1. The summed E-state index contributed by atoms with van der Waals surface area (Å²) < 4.78 is 8.83. The van der Waals surface area contributed by atoms with Crippen molar-refractivity contribution in [2.24, 2.45) is 0 Å². The van der Waals surface area contributed by atoms with Gasteiger partial charge in [0.1, 0.15) is 11.2 Å². The van der Waals surface area contributed by atoms with Gasteiger partial charge in [-0.15, -0.1) is 0 Å². The largest absolute Gasteiger partial charge is 0.456 e. The Labute approximate surface area is 330 Å². The smallest absolute Gasteiger partial charge is 0.137 e. The summed E-state index contributed by atoms with van der Waals surface area (Å²) in [5.74, 6) is 0.191. The Balaban J connectivity index is 1.00. The number of para-hydroxylation sites is 1. The highest BCUT2D eigenvalue weighted by atomic mass is 16.3. The molecular formula is C55H35NO. The number of furan rings is 1. The molecule has 57 heavy (non-hydrogen) atoms. The summed E-state index contributed by atoms with van der Waals surface area (Å²) in [6.45, 7) is 0. The van der Waals surface area contributed by atoms with E-state index in [1.54, 1.807) is 0 Å². The number of hydrogen-bond donors (Lipinski definition) is 0. The van der Waals surface area contributed by atoms with Gasteiger partial charge >= 0.3 is 0 Å². The minimum atomic E-state index is 0.191. The molecule has 2 nitrogen and oxygen atoms in total. The van der Waals surface area contributed by atoms with Crippen molar-refractivity contribution in [1.82, 2.24) is 4.57 Å². The fourth-order valence-corrected chi connectivity index (χ4v) is 9.37. The molecule has 0 aliphatic heterocycles. The van der Waals surface area contributed by atoms with Crippen LogP contribution in [-0.4, -0.2) is 4.57 Å². The van der Waals surface area contributed by atoms with E-state index < -0.39 is 0 Å². The van der Waals surface area contributed by atoms with Crippen LogP contribution in [0.2, 0.25) is 0 Å². The van der Waals surface area contributed by atoms with E-state index >= 15 is 0 Å². The van der Waals surface area contributed by atoms with Crippen molar-refractivity contribution in [2.75, 3.05) is 0 Å². The fraction of sp³-hybridized carbons (Fsp3) is 0.0182. The molecule has 12 rings (SSSR count). The first-order chi connectivity index (χ1) is 28.2. The molecule has 0 saturated heterocycles. The van der Waals surface area contributed by atoms with Crippen LogP contribution in [0.25, 0.3) is 93.9 Å². The first-order valence-electron chi connectivity index (χ1n) is 19.7. The topological polar surface area (TPSA) is 18.1 Å². The number of nitrogens with zero attached hydrogens (tertiary/aromatic N) is 1. The predicted molar refractivity (Wildman–Crippen MR) is 237 cm³/mol. The first-order valence-corrected chi connectivity index (χ1v) is 19.7. The van der Waals surface area contributed by atoms with Crippen molar-refractivity contribution in [1.29, 1.82) is 0 Å². The summed E-state index contributed by atoms with van der Waals surface area (Å²) in [6, 6.07) is 75.2. The van der Waals surface area contributed by atoms with Crippen molar-refractivity contribution >= 4 is 43.7 Å². The van der Waals surface area contributed by atoms with Crippen LogP contribution in [0.1, 0.15) is 22.6 Å². The maximum atomic E-state index is 6.44. The van der Waals surface area contributed by atoms with E-state index in [4.69, 9.17) is 4.42 Å². The zero-order chi connectivity index (χ0) is 37.5. The van der Waals surface area contributed by atoms with Gasteiger partial charge < -0.3 is 8.98 Å². The maximum absolute atomic E-state index is 6.44. The van der Waals surface area contributed by atoms with Gasteiger partial charge in [0.15, 0.2) is 0 Å². The Kier molecular flexibility index (Phi) is 7.02. The molecule has 11 aromatic rings. The van der Waals surface area contributed by atoms with Crippen LogP contribution in [0, 0.1) is 0 Å². The molecule has 0 fully saturated rings. The highest BCUT2D eigenvalue weighted by Gasteiger charge is 2.30. The van der Waals surface area contributed by atoms with Gasteiger partial charge in [-0.1, -0.05) is 158 Å². The number of rotatable bonds is 5. The van der Waals surface area contributed by atoms with Gasteiger partial charge in [-0.05, 0) is 104 Å². The lowest BCUT2D eigenvalue weighted by Crippen LogP contribution is -1.99. The van der Waals surface area contributed by atoms with Crippen molar-refractivity contribution in [2.45, 2.75) is 5.92 Å². The minimum Gasteiger partial charge on any atom is -0.456 e. The molecule has 1 atom stereocenters. The van der Waals surface area contributed by atoms with Gasteiger partial charge in [0.2, 0.25) is 0 Å². The van der Waals surface area contributed by atoms with Crippen LogP contribution >= 0.6 is 0 Å². The summed E-state index contributed by atoms with van der Waals surface area (Å²) >= 11 is 0. The number of fused-ring (bicyclic) bond motifs is 9. The molecule has 0 spiro atoms. The maximum Gasteiger partial charge on any atom is 0.137 e. The normalized spacial score (nSPS) is 13.4. The molecule has 0 amide bonds. The summed E-state index contributed by atoms with van der Waals surface area (Å²) in [5.41, 5.74) is 19.2. The van der Waals surface area contributed by atoms with E-state index in [9.17, 15) is 0 Å². The predicted octanol–water partition coefficient (Wildman–Crippen LogP) is 14.8. The monoisotopic (exact) mass is 725 g/mol. The average molecular weight is 726 g/mol. The van der Waals surface area contributed by atoms with Crippen molar-refractivity contribution in [3.8, 4) is 50.2 Å². The average Bonchev–Trinajstić information content (AvgIpc) is 3.93. The second-order valence-electron chi connectivity index (χ2n) is 15.3. The number of hydrogen-bond acceptors (Lipinski definition) is 1. The molecule has 2 heterocycles. The fourth-order valence-electron chi connectivity index (χ4n) is 9.37. The zero-order valence-corrected chi connectivity index (χ0v) is 31.1. The van der Waals surface area contributed by atoms with Gasteiger partial charge in [0.05, 0.1) is 11.0 Å². The minimum absolute atomic E-state index is 0.191. The second kappa shape index (κ2) is 12.6. The van der Waals surface area contributed by atoms with Crippen LogP contribution < -0.4 is 0 Å². The van der Waals surface area contributed by atoms with Gasteiger partial charge in [-0.2, -0.15) is 0 Å². The molecule has 1 unspecified atom stereocenters. The third kappa shape index (κ3) is 5.04. The Morgan fingerprint density at radius 3 is 1.68 bits per heavy atom. The van der Waals surface area contributed by atoms with Gasteiger partial charge in [-0.25, -0.2) is 0 Å². The highest BCUT2D eigenvalue weighted by molar-refractivity contribution is 6.18. The lowest BCUT2D eigenvalue weighted by molar-refractivity contribution is 0.669. The van der Waals surface area contributed by atoms with Crippen LogP contribution in [0.3, 0.4) is 0 Å². The Bertz CT molecular complexity index is 3310. The summed E-state index contributed by atoms with van der Waals surface area (Å²) in [4.78, 5) is 0. The molecule has 9 aromatic carbocycles. The van der Waals surface area contributed by atoms with Crippen molar-refractivity contribution in [3.63, 3.8) is 0 Å². The molecule has 0 bridgehead atoms. The van der Waals surface area contributed by atoms with Crippen LogP contribution in [-0.2, 0) is 0 Å². The van der Waals surface area contributed by atoms with E-state index in [1.807, 2.05) is 6.07 Å². The molecule has 1 aliphatic rings. The first kappa shape index (κ1) is 31.9. The summed E-state index contributed by atoms with van der Waals surface area (Å²) in [6.07, 6.45) is 0.